The van der Waals surface area contributed by atoms with Gasteiger partial charge in [-0.15, -0.1) is 0 Å². The van der Waals surface area contributed by atoms with Gasteiger partial charge in [-0.2, -0.15) is 4.31 Å². The molecular weight excluding hydrogens is 268 g/mol. The highest BCUT2D eigenvalue weighted by atomic mass is 32.2. The van der Waals surface area contributed by atoms with Crippen LogP contribution in [0, 0.1) is 0 Å². The maximum absolute atomic E-state index is 12.5. The molecule has 0 aromatic carbocycles. The predicted molar refractivity (Wildman–Crippen MR) is 69.6 cm³/mol. The highest BCUT2D eigenvalue weighted by Gasteiger charge is 2.32. The Morgan fingerprint density at radius 3 is 2.58 bits per heavy atom. The summed E-state index contributed by atoms with van der Waals surface area (Å²) in [5.74, 6) is -1.16. The van der Waals surface area contributed by atoms with Gasteiger partial charge < -0.3 is 10.1 Å². The second kappa shape index (κ2) is 5.34. The number of rotatable bonds is 5. The fourth-order valence-corrected chi connectivity index (χ4v) is 4.29. The maximum atomic E-state index is 12.5. The Labute approximate surface area is 112 Å². The molecule has 0 saturated heterocycles. The fraction of sp³-hybridized carbons (Fsp3) is 0.583. The van der Waals surface area contributed by atoms with Crippen LogP contribution in [0.25, 0.3) is 0 Å². The van der Waals surface area contributed by atoms with E-state index in [9.17, 15) is 13.2 Å². The summed E-state index contributed by atoms with van der Waals surface area (Å²) >= 11 is 0. The monoisotopic (exact) mass is 286 g/mol. The SMILES string of the molecule is CCN(C1CCCC1)S(=O)(=O)c1c[nH]c(C(=O)O)c1. The van der Waals surface area contributed by atoms with E-state index < -0.39 is 16.0 Å². The molecule has 0 bridgehead atoms. The standard InChI is InChI=1S/C12H18N2O4S/c1-2-14(9-5-3-4-6-9)19(17,18)10-7-11(12(15)16)13-8-10/h7-9,13H,2-6H2,1H3,(H,15,16). The van der Waals surface area contributed by atoms with Crippen LogP contribution in [0.3, 0.4) is 0 Å². The molecular formula is C12H18N2O4S. The van der Waals surface area contributed by atoms with E-state index in [1.807, 2.05) is 0 Å². The number of carbonyl (C=O) groups is 1. The Morgan fingerprint density at radius 1 is 1.47 bits per heavy atom. The van der Waals surface area contributed by atoms with E-state index >= 15 is 0 Å². The van der Waals surface area contributed by atoms with E-state index in [0.29, 0.717) is 6.54 Å². The summed E-state index contributed by atoms with van der Waals surface area (Å²) < 4.78 is 26.5. The lowest BCUT2D eigenvalue weighted by molar-refractivity contribution is 0.0691. The topological polar surface area (TPSA) is 90.5 Å². The van der Waals surface area contributed by atoms with Gasteiger partial charge in [0.2, 0.25) is 10.0 Å². The molecule has 1 saturated carbocycles. The Kier molecular flexibility index (Phi) is 3.96. The highest BCUT2D eigenvalue weighted by Crippen LogP contribution is 2.28. The van der Waals surface area contributed by atoms with E-state index in [1.165, 1.54) is 16.6 Å². The first-order valence-corrected chi connectivity index (χ1v) is 7.84. The second-order valence-electron chi connectivity index (χ2n) is 4.70. The van der Waals surface area contributed by atoms with E-state index in [4.69, 9.17) is 5.11 Å². The fourth-order valence-electron chi connectivity index (χ4n) is 2.60. The molecule has 1 heterocycles. The summed E-state index contributed by atoms with van der Waals surface area (Å²) in [5, 5.41) is 8.83. The van der Waals surface area contributed by atoms with Crippen molar-refractivity contribution in [3.05, 3.63) is 18.0 Å². The first kappa shape index (κ1) is 14.1. The van der Waals surface area contributed by atoms with Gasteiger partial charge in [-0.25, -0.2) is 13.2 Å². The third-order valence-electron chi connectivity index (χ3n) is 3.54. The van der Waals surface area contributed by atoms with Crippen molar-refractivity contribution in [2.24, 2.45) is 0 Å². The van der Waals surface area contributed by atoms with Crippen LogP contribution in [-0.4, -0.2) is 41.4 Å². The molecule has 0 radical (unpaired) electrons. The molecule has 0 spiro atoms. The molecule has 106 valence electrons. The molecule has 0 aliphatic heterocycles. The van der Waals surface area contributed by atoms with Crippen LogP contribution in [0.1, 0.15) is 43.1 Å². The zero-order chi connectivity index (χ0) is 14.0. The van der Waals surface area contributed by atoms with Crippen LogP contribution >= 0.6 is 0 Å². The number of aromatic nitrogens is 1. The molecule has 1 fully saturated rings. The molecule has 2 rings (SSSR count). The summed E-state index contributed by atoms with van der Waals surface area (Å²) in [6.45, 7) is 2.21. The maximum Gasteiger partial charge on any atom is 0.352 e. The van der Waals surface area contributed by atoms with Crippen molar-refractivity contribution in [1.82, 2.24) is 9.29 Å². The second-order valence-corrected chi connectivity index (χ2v) is 6.59. The third-order valence-corrected chi connectivity index (χ3v) is 5.54. The molecule has 1 aliphatic carbocycles. The number of carboxylic acids is 1. The minimum atomic E-state index is -3.61. The first-order valence-electron chi connectivity index (χ1n) is 6.40. The number of H-pyrrole nitrogens is 1. The van der Waals surface area contributed by atoms with Gasteiger partial charge in [0.15, 0.2) is 0 Å². The largest absolute Gasteiger partial charge is 0.477 e. The molecule has 0 unspecified atom stereocenters. The highest BCUT2D eigenvalue weighted by molar-refractivity contribution is 7.89. The van der Waals surface area contributed by atoms with E-state index in [-0.39, 0.29) is 16.6 Å². The van der Waals surface area contributed by atoms with Crippen molar-refractivity contribution >= 4 is 16.0 Å². The van der Waals surface area contributed by atoms with Gasteiger partial charge in [0.1, 0.15) is 10.6 Å². The normalized spacial score (nSPS) is 17.2. The number of hydrogen-bond acceptors (Lipinski definition) is 3. The lowest BCUT2D eigenvalue weighted by Crippen LogP contribution is -2.38. The van der Waals surface area contributed by atoms with Crippen molar-refractivity contribution in [2.45, 2.75) is 43.5 Å². The Bertz CT molecular complexity index is 558. The van der Waals surface area contributed by atoms with Gasteiger partial charge in [-0.1, -0.05) is 19.8 Å². The van der Waals surface area contributed by atoms with Crippen LogP contribution in [-0.2, 0) is 10.0 Å². The van der Waals surface area contributed by atoms with Gasteiger partial charge in [0.25, 0.3) is 0 Å². The van der Waals surface area contributed by atoms with Crippen LogP contribution in [0.5, 0.6) is 0 Å². The van der Waals surface area contributed by atoms with Gasteiger partial charge >= 0.3 is 5.97 Å². The summed E-state index contributed by atoms with van der Waals surface area (Å²) in [7, 11) is -3.61. The van der Waals surface area contributed by atoms with E-state index in [2.05, 4.69) is 4.98 Å². The van der Waals surface area contributed by atoms with Crippen LogP contribution in [0.4, 0.5) is 0 Å². The number of aromatic amines is 1. The molecule has 0 amide bonds. The number of hydrogen-bond donors (Lipinski definition) is 2. The molecule has 1 aromatic rings. The summed E-state index contributed by atoms with van der Waals surface area (Å²) in [5.41, 5.74) is -0.110. The molecule has 7 heteroatoms. The molecule has 2 N–H and O–H groups in total. The van der Waals surface area contributed by atoms with Crippen molar-refractivity contribution in [3.63, 3.8) is 0 Å². The quantitative estimate of drug-likeness (QED) is 0.861. The predicted octanol–water partition coefficient (Wildman–Crippen LogP) is 1.67. The third kappa shape index (κ3) is 2.66. The number of carboxylic acid groups (broad SMARTS) is 1. The number of aromatic carboxylic acids is 1. The lowest BCUT2D eigenvalue weighted by Gasteiger charge is -2.26. The minimum absolute atomic E-state index is 0.0265. The molecule has 19 heavy (non-hydrogen) atoms. The van der Waals surface area contributed by atoms with E-state index in [1.54, 1.807) is 6.92 Å². The Hall–Kier alpha value is -1.34. The van der Waals surface area contributed by atoms with Crippen molar-refractivity contribution in [2.75, 3.05) is 6.54 Å². The molecule has 6 nitrogen and oxygen atoms in total. The smallest absolute Gasteiger partial charge is 0.352 e. The molecule has 1 aromatic heterocycles. The van der Waals surface area contributed by atoms with Crippen molar-refractivity contribution in [3.8, 4) is 0 Å². The molecule has 0 atom stereocenters. The minimum Gasteiger partial charge on any atom is -0.477 e. The zero-order valence-electron chi connectivity index (χ0n) is 10.8. The van der Waals surface area contributed by atoms with Crippen LogP contribution in [0.2, 0.25) is 0 Å². The van der Waals surface area contributed by atoms with Gasteiger partial charge in [0.05, 0.1) is 0 Å². The Morgan fingerprint density at radius 2 is 2.11 bits per heavy atom. The number of nitrogens with one attached hydrogen (secondary N) is 1. The summed E-state index contributed by atoms with van der Waals surface area (Å²) in [6, 6.07) is 1.22. The summed E-state index contributed by atoms with van der Waals surface area (Å²) in [4.78, 5) is 13.3. The number of nitrogens with zero attached hydrogens (tertiary/aromatic N) is 1. The van der Waals surface area contributed by atoms with Crippen molar-refractivity contribution in [1.29, 1.82) is 0 Å². The van der Waals surface area contributed by atoms with Gasteiger partial charge in [0, 0.05) is 18.8 Å². The molecule has 1 aliphatic rings. The van der Waals surface area contributed by atoms with Gasteiger partial charge in [-0.3, -0.25) is 0 Å². The Balaban J connectivity index is 2.30. The zero-order valence-corrected chi connectivity index (χ0v) is 11.6. The average molecular weight is 286 g/mol. The summed E-state index contributed by atoms with van der Waals surface area (Å²) in [6.07, 6.45) is 5.09. The number of sulfonamides is 1. The lowest BCUT2D eigenvalue weighted by atomic mass is 10.2. The van der Waals surface area contributed by atoms with Crippen molar-refractivity contribution < 1.29 is 18.3 Å². The van der Waals surface area contributed by atoms with Crippen LogP contribution < -0.4 is 0 Å². The first-order chi connectivity index (χ1) is 8.96. The average Bonchev–Trinajstić information content (AvgIpc) is 3.00. The van der Waals surface area contributed by atoms with Gasteiger partial charge in [-0.05, 0) is 18.9 Å². The van der Waals surface area contributed by atoms with E-state index in [0.717, 1.165) is 25.7 Å². The van der Waals surface area contributed by atoms with Crippen LogP contribution in [0.15, 0.2) is 17.2 Å².